The van der Waals surface area contributed by atoms with E-state index in [0.717, 1.165) is 6.54 Å². The summed E-state index contributed by atoms with van der Waals surface area (Å²) in [7, 11) is 0. The molecule has 2 unspecified atom stereocenters. The van der Waals surface area contributed by atoms with Gasteiger partial charge in [-0.3, -0.25) is 4.90 Å². The second kappa shape index (κ2) is 6.35. The van der Waals surface area contributed by atoms with Crippen molar-refractivity contribution in [1.29, 1.82) is 0 Å². The SMILES string of the molecule is CCNC1CC(c2ccccc2)CN(C(C)C)C1. The smallest absolute Gasteiger partial charge is 0.0201 e. The van der Waals surface area contributed by atoms with E-state index in [1.807, 2.05) is 0 Å². The minimum absolute atomic E-state index is 0.636. The fourth-order valence-corrected chi connectivity index (χ4v) is 2.96. The summed E-state index contributed by atoms with van der Waals surface area (Å²) in [5.74, 6) is 0.673. The van der Waals surface area contributed by atoms with E-state index in [9.17, 15) is 0 Å². The molecule has 1 aromatic carbocycles. The first-order valence-corrected chi connectivity index (χ1v) is 7.23. The van der Waals surface area contributed by atoms with Gasteiger partial charge in [-0.1, -0.05) is 37.3 Å². The zero-order valence-corrected chi connectivity index (χ0v) is 11.9. The number of piperidine rings is 1. The molecule has 0 bridgehead atoms. The van der Waals surface area contributed by atoms with Crippen LogP contribution in [-0.4, -0.2) is 36.6 Å². The minimum Gasteiger partial charge on any atom is -0.313 e. The molecule has 1 N–H and O–H groups in total. The number of likely N-dealkylation sites (tertiary alicyclic amines) is 1. The Kier molecular flexibility index (Phi) is 4.79. The van der Waals surface area contributed by atoms with Crippen molar-refractivity contribution in [3.05, 3.63) is 35.9 Å². The lowest BCUT2D eigenvalue weighted by Gasteiger charge is -2.40. The van der Waals surface area contributed by atoms with Crippen molar-refractivity contribution in [2.24, 2.45) is 0 Å². The summed E-state index contributed by atoms with van der Waals surface area (Å²) in [6.45, 7) is 10.3. The molecule has 0 saturated carbocycles. The first kappa shape index (κ1) is 13.6. The van der Waals surface area contributed by atoms with Crippen molar-refractivity contribution < 1.29 is 0 Å². The molecule has 2 heteroatoms. The maximum absolute atomic E-state index is 3.63. The number of hydrogen-bond acceptors (Lipinski definition) is 2. The average molecular weight is 246 g/mol. The third-order valence-electron chi connectivity index (χ3n) is 3.97. The van der Waals surface area contributed by atoms with E-state index in [0.29, 0.717) is 18.0 Å². The second-order valence-electron chi connectivity index (χ2n) is 5.65. The van der Waals surface area contributed by atoms with Gasteiger partial charge in [0.25, 0.3) is 0 Å². The standard InChI is InChI=1S/C16H26N2/c1-4-17-16-10-15(11-18(12-16)13(2)3)14-8-6-5-7-9-14/h5-9,13,15-17H,4,10-12H2,1-3H3. The average Bonchev–Trinajstić information content (AvgIpc) is 2.40. The van der Waals surface area contributed by atoms with E-state index in [-0.39, 0.29) is 0 Å². The first-order chi connectivity index (χ1) is 8.70. The van der Waals surface area contributed by atoms with E-state index >= 15 is 0 Å². The molecule has 0 aliphatic carbocycles. The highest BCUT2D eigenvalue weighted by molar-refractivity contribution is 5.21. The molecule has 0 radical (unpaired) electrons. The van der Waals surface area contributed by atoms with Gasteiger partial charge >= 0.3 is 0 Å². The largest absolute Gasteiger partial charge is 0.313 e. The molecule has 0 aromatic heterocycles. The van der Waals surface area contributed by atoms with E-state index in [1.165, 1.54) is 25.1 Å². The summed E-state index contributed by atoms with van der Waals surface area (Å²) in [5.41, 5.74) is 1.49. The zero-order valence-electron chi connectivity index (χ0n) is 11.9. The van der Waals surface area contributed by atoms with Crippen LogP contribution in [0.1, 0.15) is 38.7 Å². The highest BCUT2D eigenvalue weighted by Gasteiger charge is 2.28. The Morgan fingerprint density at radius 3 is 2.56 bits per heavy atom. The van der Waals surface area contributed by atoms with Gasteiger partial charge in [0.1, 0.15) is 0 Å². The van der Waals surface area contributed by atoms with Crippen molar-refractivity contribution in [3.8, 4) is 0 Å². The highest BCUT2D eigenvalue weighted by Crippen LogP contribution is 2.27. The summed E-state index contributed by atoms with van der Waals surface area (Å²) in [5, 5.41) is 3.63. The molecule has 1 heterocycles. The van der Waals surface area contributed by atoms with Crippen molar-refractivity contribution in [2.45, 2.75) is 45.2 Å². The van der Waals surface area contributed by atoms with E-state index < -0.39 is 0 Å². The highest BCUT2D eigenvalue weighted by atomic mass is 15.2. The molecule has 1 aromatic rings. The van der Waals surface area contributed by atoms with E-state index in [4.69, 9.17) is 0 Å². The van der Waals surface area contributed by atoms with Crippen molar-refractivity contribution >= 4 is 0 Å². The molecule has 2 atom stereocenters. The van der Waals surface area contributed by atoms with Crippen LogP contribution in [0.3, 0.4) is 0 Å². The van der Waals surface area contributed by atoms with Crippen LogP contribution < -0.4 is 5.32 Å². The summed E-state index contributed by atoms with van der Waals surface area (Å²) >= 11 is 0. The van der Waals surface area contributed by atoms with Crippen LogP contribution in [0.2, 0.25) is 0 Å². The molecule has 0 spiro atoms. The summed E-state index contributed by atoms with van der Waals surface area (Å²) in [4.78, 5) is 2.61. The maximum atomic E-state index is 3.63. The lowest BCUT2D eigenvalue weighted by Crippen LogP contribution is -2.50. The van der Waals surface area contributed by atoms with Crippen molar-refractivity contribution in [1.82, 2.24) is 10.2 Å². The molecule has 100 valence electrons. The van der Waals surface area contributed by atoms with Gasteiger partial charge in [-0.2, -0.15) is 0 Å². The Bertz CT molecular complexity index is 347. The molecular weight excluding hydrogens is 220 g/mol. The Morgan fingerprint density at radius 1 is 1.22 bits per heavy atom. The predicted molar refractivity (Wildman–Crippen MR) is 78.0 cm³/mol. The number of likely N-dealkylation sites (N-methyl/N-ethyl adjacent to an activating group) is 1. The normalized spacial score (nSPS) is 25.6. The predicted octanol–water partition coefficient (Wildman–Crippen LogP) is 2.86. The third kappa shape index (κ3) is 3.33. The fraction of sp³-hybridized carbons (Fsp3) is 0.625. The molecule has 1 fully saturated rings. The Labute approximate surface area is 111 Å². The van der Waals surface area contributed by atoms with Crippen LogP contribution >= 0.6 is 0 Å². The minimum atomic E-state index is 0.636. The maximum Gasteiger partial charge on any atom is 0.0201 e. The number of benzene rings is 1. The van der Waals surface area contributed by atoms with Crippen molar-refractivity contribution in [3.63, 3.8) is 0 Å². The molecule has 2 nitrogen and oxygen atoms in total. The van der Waals surface area contributed by atoms with Crippen molar-refractivity contribution in [2.75, 3.05) is 19.6 Å². The number of hydrogen-bond donors (Lipinski definition) is 1. The number of nitrogens with one attached hydrogen (secondary N) is 1. The van der Waals surface area contributed by atoms with Crippen LogP contribution in [0.5, 0.6) is 0 Å². The Hall–Kier alpha value is -0.860. The fourth-order valence-electron chi connectivity index (χ4n) is 2.96. The molecule has 2 rings (SSSR count). The molecular formula is C16H26N2. The van der Waals surface area contributed by atoms with Gasteiger partial charge in [-0.15, -0.1) is 0 Å². The van der Waals surface area contributed by atoms with Gasteiger partial charge in [0, 0.05) is 25.2 Å². The third-order valence-corrected chi connectivity index (χ3v) is 3.97. The van der Waals surface area contributed by atoms with E-state index in [2.05, 4.69) is 61.3 Å². The Morgan fingerprint density at radius 2 is 1.94 bits per heavy atom. The number of rotatable bonds is 4. The van der Waals surface area contributed by atoms with E-state index in [1.54, 1.807) is 0 Å². The van der Waals surface area contributed by atoms with Gasteiger partial charge in [-0.05, 0) is 38.3 Å². The quantitative estimate of drug-likeness (QED) is 0.879. The summed E-state index contributed by atoms with van der Waals surface area (Å²) < 4.78 is 0. The van der Waals surface area contributed by atoms with Crippen LogP contribution in [-0.2, 0) is 0 Å². The van der Waals surface area contributed by atoms with Gasteiger partial charge < -0.3 is 5.32 Å². The molecule has 0 amide bonds. The van der Waals surface area contributed by atoms with Gasteiger partial charge in [-0.25, -0.2) is 0 Å². The summed E-state index contributed by atoms with van der Waals surface area (Å²) in [6.07, 6.45) is 1.26. The zero-order chi connectivity index (χ0) is 13.0. The monoisotopic (exact) mass is 246 g/mol. The number of nitrogens with zero attached hydrogens (tertiary/aromatic N) is 1. The molecule has 1 saturated heterocycles. The lowest BCUT2D eigenvalue weighted by atomic mass is 9.87. The van der Waals surface area contributed by atoms with Crippen LogP contribution in [0.15, 0.2) is 30.3 Å². The van der Waals surface area contributed by atoms with Gasteiger partial charge in [0.2, 0.25) is 0 Å². The van der Waals surface area contributed by atoms with Gasteiger partial charge in [0.05, 0.1) is 0 Å². The molecule has 1 aliphatic heterocycles. The topological polar surface area (TPSA) is 15.3 Å². The molecule has 1 aliphatic rings. The first-order valence-electron chi connectivity index (χ1n) is 7.23. The molecule has 18 heavy (non-hydrogen) atoms. The lowest BCUT2D eigenvalue weighted by molar-refractivity contribution is 0.139. The van der Waals surface area contributed by atoms with Crippen LogP contribution in [0, 0.1) is 0 Å². The Balaban J connectivity index is 2.10. The van der Waals surface area contributed by atoms with Crippen LogP contribution in [0.25, 0.3) is 0 Å². The second-order valence-corrected chi connectivity index (χ2v) is 5.65. The summed E-state index contributed by atoms with van der Waals surface area (Å²) in [6, 6.07) is 12.2. The van der Waals surface area contributed by atoms with Crippen LogP contribution in [0.4, 0.5) is 0 Å². The van der Waals surface area contributed by atoms with Gasteiger partial charge in [0.15, 0.2) is 0 Å².